The van der Waals surface area contributed by atoms with E-state index in [2.05, 4.69) is 20.0 Å². The molecule has 0 unspecified atom stereocenters. The van der Waals surface area contributed by atoms with Crippen LogP contribution in [0.15, 0.2) is 29.2 Å². The number of fused-ring (bicyclic) bond motifs is 1. The maximum atomic E-state index is 11.6. The standard InChI is InChI=1S/C12H11N5O3/c1-2-19-12(18)7-5-14-17(6-7)9-4-3-8(13)10-11(9)16-20-15-10/h3-6H,2,13H2,1H3. The number of nitrogens with zero attached hydrogens (tertiary/aromatic N) is 4. The van der Waals surface area contributed by atoms with Gasteiger partial charge in [0.1, 0.15) is 0 Å². The molecule has 3 aromatic rings. The highest BCUT2D eigenvalue weighted by molar-refractivity contribution is 5.92. The molecule has 0 fully saturated rings. The molecule has 102 valence electrons. The fourth-order valence-corrected chi connectivity index (χ4v) is 1.83. The molecule has 3 rings (SSSR count). The summed E-state index contributed by atoms with van der Waals surface area (Å²) in [5, 5.41) is 11.6. The van der Waals surface area contributed by atoms with Gasteiger partial charge < -0.3 is 10.5 Å². The molecule has 0 spiro atoms. The lowest BCUT2D eigenvalue weighted by Gasteiger charge is -2.02. The lowest BCUT2D eigenvalue weighted by Crippen LogP contribution is -2.03. The normalized spacial score (nSPS) is 10.8. The van der Waals surface area contributed by atoms with Gasteiger partial charge in [-0.05, 0) is 29.4 Å². The Kier molecular flexibility index (Phi) is 2.82. The van der Waals surface area contributed by atoms with Crippen molar-refractivity contribution in [2.45, 2.75) is 6.92 Å². The summed E-state index contributed by atoms with van der Waals surface area (Å²) in [6.45, 7) is 2.05. The van der Waals surface area contributed by atoms with E-state index in [0.717, 1.165) is 0 Å². The predicted molar refractivity (Wildman–Crippen MR) is 69.3 cm³/mol. The van der Waals surface area contributed by atoms with Gasteiger partial charge in [-0.3, -0.25) is 0 Å². The topological polar surface area (TPSA) is 109 Å². The van der Waals surface area contributed by atoms with Crippen molar-refractivity contribution in [3.63, 3.8) is 0 Å². The van der Waals surface area contributed by atoms with E-state index in [-0.39, 0.29) is 0 Å². The van der Waals surface area contributed by atoms with Crippen LogP contribution in [0.1, 0.15) is 17.3 Å². The number of carbonyl (C=O) groups is 1. The van der Waals surface area contributed by atoms with Crippen LogP contribution in [0.5, 0.6) is 0 Å². The molecule has 0 radical (unpaired) electrons. The second-order valence-electron chi connectivity index (χ2n) is 4.03. The summed E-state index contributed by atoms with van der Waals surface area (Å²) in [6.07, 6.45) is 2.98. The first-order valence-corrected chi connectivity index (χ1v) is 5.93. The van der Waals surface area contributed by atoms with Crippen molar-refractivity contribution in [3.05, 3.63) is 30.1 Å². The molecule has 2 aromatic heterocycles. The summed E-state index contributed by atoms with van der Waals surface area (Å²) in [5.41, 5.74) is 8.14. The van der Waals surface area contributed by atoms with E-state index in [9.17, 15) is 4.79 Å². The van der Waals surface area contributed by atoms with E-state index in [1.54, 1.807) is 25.3 Å². The van der Waals surface area contributed by atoms with Crippen molar-refractivity contribution in [2.75, 3.05) is 12.3 Å². The first-order chi connectivity index (χ1) is 9.70. The average Bonchev–Trinajstić information content (AvgIpc) is 3.08. The van der Waals surface area contributed by atoms with Crippen LogP contribution in [-0.2, 0) is 4.74 Å². The summed E-state index contributed by atoms with van der Waals surface area (Å²) in [4.78, 5) is 11.6. The van der Waals surface area contributed by atoms with E-state index in [1.807, 2.05) is 0 Å². The zero-order chi connectivity index (χ0) is 14.1. The highest BCUT2D eigenvalue weighted by atomic mass is 16.6. The Morgan fingerprint density at radius 3 is 3.00 bits per heavy atom. The lowest BCUT2D eigenvalue weighted by atomic mass is 10.2. The molecule has 0 amide bonds. The van der Waals surface area contributed by atoms with E-state index in [4.69, 9.17) is 10.5 Å². The van der Waals surface area contributed by atoms with Crippen molar-refractivity contribution in [3.8, 4) is 5.69 Å². The van der Waals surface area contributed by atoms with Crippen LogP contribution in [0.4, 0.5) is 5.69 Å². The van der Waals surface area contributed by atoms with E-state index in [0.29, 0.717) is 34.6 Å². The number of hydrogen-bond donors (Lipinski definition) is 1. The second kappa shape index (κ2) is 4.65. The minimum atomic E-state index is -0.427. The number of hydrogen-bond acceptors (Lipinski definition) is 7. The molecule has 0 saturated carbocycles. The predicted octanol–water partition coefficient (Wildman–Crippen LogP) is 1.17. The molecular formula is C12H11N5O3. The first kappa shape index (κ1) is 12.2. The lowest BCUT2D eigenvalue weighted by molar-refractivity contribution is 0.0526. The monoisotopic (exact) mass is 273 g/mol. The first-order valence-electron chi connectivity index (χ1n) is 5.93. The third-order valence-electron chi connectivity index (χ3n) is 2.77. The molecule has 0 saturated heterocycles. The van der Waals surface area contributed by atoms with Crippen molar-refractivity contribution in [2.24, 2.45) is 0 Å². The molecule has 20 heavy (non-hydrogen) atoms. The fraction of sp³-hybridized carbons (Fsp3) is 0.167. The Balaban J connectivity index is 2.06. The number of aromatic nitrogens is 4. The number of anilines is 1. The Labute approximate surface area is 113 Å². The zero-order valence-corrected chi connectivity index (χ0v) is 10.6. The third-order valence-corrected chi connectivity index (χ3v) is 2.77. The summed E-state index contributed by atoms with van der Waals surface area (Å²) >= 11 is 0. The maximum absolute atomic E-state index is 11.6. The second-order valence-corrected chi connectivity index (χ2v) is 4.03. The average molecular weight is 273 g/mol. The summed E-state index contributed by atoms with van der Waals surface area (Å²) in [7, 11) is 0. The van der Waals surface area contributed by atoms with Gasteiger partial charge in [0.15, 0.2) is 11.0 Å². The summed E-state index contributed by atoms with van der Waals surface area (Å²) in [5.74, 6) is -0.427. The van der Waals surface area contributed by atoms with Crippen molar-refractivity contribution < 1.29 is 14.2 Å². The zero-order valence-electron chi connectivity index (χ0n) is 10.6. The van der Waals surface area contributed by atoms with Gasteiger partial charge in [0.05, 0.1) is 29.7 Å². The molecule has 1 aromatic carbocycles. The molecule has 2 N–H and O–H groups in total. The number of esters is 1. The van der Waals surface area contributed by atoms with Gasteiger partial charge in [-0.2, -0.15) is 5.10 Å². The van der Waals surface area contributed by atoms with Crippen LogP contribution in [0.25, 0.3) is 16.7 Å². The molecule has 0 aliphatic rings. The van der Waals surface area contributed by atoms with E-state index < -0.39 is 5.97 Å². The van der Waals surface area contributed by atoms with E-state index in [1.165, 1.54) is 10.9 Å². The molecule has 8 nitrogen and oxygen atoms in total. The van der Waals surface area contributed by atoms with Gasteiger partial charge in [0.25, 0.3) is 0 Å². The van der Waals surface area contributed by atoms with Gasteiger partial charge in [0, 0.05) is 6.20 Å². The van der Waals surface area contributed by atoms with Crippen LogP contribution >= 0.6 is 0 Å². The van der Waals surface area contributed by atoms with Crippen molar-refractivity contribution >= 4 is 22.7 Å². The number of ether oxygens (including phenoxy) is 1. The summed E-state index contributed by atoms with van der Waals surface area (Å²) in [6, 6.07) is 3.40. The molecule has 0 aliphatic carbocycles. The Bertz CT molecular complexity index is 776. The molecule has 0 atom stereocenters. The number of carbonyl (C=O) groups excluding carboxylic acids is 1. The molecular weight excluding hydrogens is 262 g/mol. The summed E-state index contributed by atoms with van der Waals surface area (Å²) < 4.78 is 11.1. The molecule has 0 aliphatic heterocycles. The minimum absolute atomic E-state index is 0.309. The number of rotatable bonds is 3. The fourth-order valence-electron chi connectivity index (χ4n) is 1.83. The Morgan fingerprint density at radius 1 is 1.40 bits per heavy atom. The largest absolute Gasteiger partial charge is 0.462 e. The van der Waals surface area contributed by atoms with Gasteiger partial charge in [-0.15, -0.1) is 0 Å². The SMILES string of the molecule is CCOC(=O)c1cnn(-c2ccc(N)c3nonc23)c1. The van der Waals surface area contributed by atoms with Crippen LogP contribution < -0.4 is 5.73 Å². The molecule has 2 heterocycles. The van der Waals surface area contributed by atoms with Crippen molar-refractivity contribution in [1.29, 1.82) is 0 Å². The Morgan fingerprint density at radius 2 is 2.20 bits per heavy atom. The number of benzene rings is 1. The van der Waals surface area contributed by atoms with Crippen molar-refractivity contribution in [1.82, 2.24) is 20.1 Å². The van der Waals surface area contributed by atoms with Crippen LogP contribution in [-0.4, -0.2) is 32.7 Å². The van der Waals surface area contributed by atoms with E-state index >= 15 is 0 Å². The number of nitrogens with two attached hydrogens (primary N) is 1. The van der Waals surface area contributed by atoms with Gasteiger partial charge in [-0.1, -0.05) is 0 Å². The maximum Gasteiger partial charge on any atom is 0.341 e. The minimum Gasteiger partial charge on any atom is -0.462 e. The van der Waals surface area contributed by atoms with Gasteiger partial charge in [-0.25, -0.2) is 14.1 Å². The third kappa shape index (κ3) is 1.87. The van der Waals surface area contributed by atoms with Crippen LogP contribution in [0, 0.1) is 0 Å². The molecule has 8 heteroatoms. The van der Waals surface area contributed by atoms with Gasteiger partial charge >= 0.3 is 5.97 Å². The van der Waals surface area contributed by atoms with Gasteiger partial charge in [0.2, 0.25) is 0 Å². The highest BCUT2D eigenvalue weighted by Gasteiger charge is 2.15. The quantitative estimate of drug-likeness (QED) is 0.563. The van der Waals surface area contributed by atoms with Crippen LogP contribution in [0.3, 0.4) is 0 Å². The highest BCUT2D eigenvalue weighted by Crippen LogP contribution is 2.24. The Hall–Kier alpha value is -2.90. The number of nitrogen functional groups attached to an aromatic ring is 1. The smallest absolute Gasteiger partial charge is 0.341 e. The molecule has 0 bridgehead atoms. The van der Waals surface area contributed by atoms with Crippen LogP contribution in [0.2, 0.25) is 0 Å².